The van der Waals surface area contributed by atoms with E-state index < -0.39 is 5.97 Å². The van der Waals surface area contributed by atoms with Crippen LogP contribution in [0.25, 0.3) is 0 Å². The van der Waals surface area contributed by atoms with Gasteiger partial charge in [-0.15, -0.1) is 0 Å². The van der Waals surface area contributed by atoms with E-state index >= 15 is 0 Å². The van der Waals surface area contributed by atoms with Gasteiger partial charge in [0.2, 0.25) is 0 Å². The predicted molar refractivity (Wildman–Crippen MR) is 117 cm³/mol. The van der Waals surface area contributed by atoms with E-state index in [-0.39, 0.29) is 24.1 Å². The molecule has 1 N–H and O–H groups in total. The standard InChI is InChI=1S/C26H31FO4/c1-30-21-11-12-25(27)24(14-21)19-7-5-17(6-8-19)16-31-22-4-2-3-20(13-22)23(15-26(28)29)18-9-10-18/h2-4,11-14,17-19,23H,5-10,15-16H2,1H3,(H,28,29)/t17?,19?,23-/m0/s1. The third-order valence-corrected chi connectivity index (χ3v) is 6.85. The molecular formula is C26H31FO4. The van der Waals surface area contributed by atoms with Crippen LogP contribution in [-0.4, -0.2) is 24.8 Å². The van der Waals surface area contributed by atoms with Crippen molar-refractivity contribution in [3.63, 3.8) is 0 Å². The van der Waals surface area contributed by atoms with E-state index in [0.29, 0.717) is 24.2 Å². The Hall–Kier alpha value is -2.56. The summed E-state index contributed by atoms with van der Waals surface area (Å²) >= 11 is 0. The van der Waals surface area contributed by atoms with E-state index in [2.05, 4.69) is 0 Å². The maximum atomic E-state index is 14.3. The lowest BCUT2D eigenvalue weighted by molar-refractivity contribution is -0.137. The van der Waals surface area contributed by atoms with Crippen LogP contribution in [0.3, 0.4) is 0 Å². The Kier molecular flexibility index (Phi) is 6.79. The molecule has 31 heavy (non-hydrogen) atoms. The second kappa shape index (κ2) is 9.71. The molecule has 0 spiro atoms. The Bertz CT molecular complexity index is 900. The van der Waals surface area contributed by atoms with Crippen LogP contribution in [0.2, 0.25) is 0 Å². The highest BCUT2D eigenvalue weighted by molar-refractivity contribution is 5.68. The zero-order chi connectivity index (χ0) is 21.8. The number of rotatable bonds is 9. The van der Waals surface area contributed by atoms with Gasteiger partial charge >= 0.3 is 5.97 Å². The number of aliphatic carboxylic acids is 1. The van der Waals surface area contributed by atoms with Gasteiger partial charge < -0.3 is 14.6 Å². The first kappa shape index (κ1) is 21.7. The fourth-order valence-electron chi connectivity index (χ4n) is 4.89. The van der Waals surface area contributed by atoms with Crippen molar-refractivity contribution >= 4 is 5.97 Å². The van der Waals surface area contributed by atoms with Crippen LogP contribution in [0.5, 0.6) is 11.5 Å². The minimum absolute atomic E-state index is 0.0780. The van der Waals surface area contributed by atoms with E-state index in [1.165, 1.54) is 6.07 Å². The number of ether oxygens (including phenoxy) is 2. The molecule has 4 nitrogen and oxygen atoms in total. The molecule has 2 saturated carbocycles. The summed E-state index contributed by atoms with van der Waals surface area (Å²) in [5.74, 6) is 1.87. The van der Waals surface area contributed by atoms with Gasteiger partial charge in [-0.2, -0.15) is 0 Å². The fourth-order valence-corrected chi connectivity index (χ4v) is 4.89. The van der Waals surface area contributed by atoms with Crippen molar-refractivity contribution in [3.05, 3.63) is 59.4 Å². The third-order valence-electron chi connectivity index (χ3n) is 6.85. The molecule has 0 amide bonds. The highest BCUT2D eigenvalue weighted by atomic mass is 19.1. The summed E-state index contributed by atoms with van der Waals surface area (Å²) in [6.07, 6.45) is 6.30. The maximum Gasteiger partial charge on any atom is 0.303 e. The Balaban J connectivity index is 1.31. The van der Waals surface area contributed by atoms with Crippen LogP contribution >= 0.6 is 0 Å². The molecule has 0 saturated heterocycles. The van der Waals surface area contributed by atoms with Crippen LogP contribution < -0.4 is 9.47 Å². The van der Waals surface area contributed by atoms with Gasteiger partial charge in [0.1, 0.15) is 17.3 Å². The molecule has 0 radical (unpaired) electrons. The molecule has 4 rings (SSSR count). The largest absolute Gasteiger partial charge is 0.497 e. The number of hydrogen-bond donors (Lipinski definition) is 1. The number of halogens is 1. The number of hydrogen-bond acceptors (Lipinski definition) is 3. The second-order valence-electron chi connectivity index (χ2n) is 9.03. The zero-order valence-corrected chi connectivity index (χ0v) is 18.1. The number of carboxylic acid groups (broad SMARTS) is 1. The molecule has 2 aromatic rings. The predicted octanol–water partition coefficient (Wildman–Crippen LogP) is 6.16. The third kappa shape index (κ3) is 5.57. The first-order valence-electron chi connectivity index (χ1n) is 11.3. The fraction of sp³-hybridized carbons (Fsp3) is 0.500. The number of carbonyl (C=O) groups is 1. The van der Waals surface area contributed by atoms with Gasteiger partial charge in [-0.1, -0.05) is 12.1 Å². The van der Waals surface area contributed by atoms with Crippen molar-refractivity contribution < 1.29 is 23.8 Å². The lowest BCUT2D eigenvalue weighted by Gasteiger charge is -2.29. The zero-order valence-electron chi connectivity index (χ0n) is 18.1. The molecule has 0 bridgehead atoms. The summed E-state index contributed by atoms with van der Waals surface area (Å²) in [6.45, 7) is 0.643. The highest BCUT2D eigenvalue weighted by Crippen LogP contribution is 2.45. The van der Waals surface area contributed by atoms with Crippen molar-refractivity contribution in [1.29, 1.82) is 0 Å². The smallest absolute Gasteiger partial charge is 0.303 e. The summed E-state index contributed by atoms with van der Waals surface area (Å²) < 4.78 is 25.6. The van der Waals surface area contributed by atoms with E-state index in [1.807, 2.05) is 30.3 Å². The molecule has 5 heteroatoms. The van der Waals surface area contributed by atoms with Gasteiger partial charge in [0, 0.05) is 0 Å². The van der Waals surface area contributed by atoms with Crippen molar-refractivity contribution in [2.75, 3.05) is 13.7 Å². The van der Waals surface area contributed by atoms with Gasteiger partial charge in [0.15, 0.2) is 0 Å². The lowest BCUT2D eigenvalue weighted by atomic mass is 9.79. The van der Waals surface area contributed by atoms with E-state index in [0.717, 1.165) is 55.4 Å². The average molecular weight is 427 g/mol. The van der Waals surface area contributed by atoms with Crippen LogP contribution in [0.15, 0.2) is 42.5 Å². The summed E-state index contributed by atoms with van der Waals surface area (Å²) in [5.41, 5.74) is 1.83. The van der Waals surface area contributed by atoms with Gasteiger partial charge in [-0.05, 0) is 104 Å². The van der Waals surface area contributed by atoms with Gasteiger partial charge in [-0.3, -0.25) is 4.79 Å². The summed E-state index contributed by atoms with van der Waals surface area (Å²) in [6, 6.07) is 12.9. The number of benzene rings is 2. The Morgan fingerprint density at radius 3 is 2.52 bits per heavy atom. The Labute approximate surface area is 183 Å². The molecular weight excluding hydrogens is 395 g/mol. The summed E-state index contributed by atoms with van der Waals surface area (Å²) in [5, 5.41) is 9.25. The molecule has 0 unspecified atom stereocenters. The van der Waals surface area contributed by atoms with Crippen LogP contribution in [-0.2, 0) is 4.79 Å². The minimum Gasteiger partial charge on any atom is -0.497 e. The average Bonchev–Trinajstić information content (AvgIpc) is 3.62. The molecule has 2 fully saturated rings. The second-order valence-corrected chi connectivity index (χ2v) is 9.03. The van der Waals surface area contributed by atoms with E-state index in [9.17, 15) is 14.3 Å². The quantitative estimate of drug-likeness (QED) is 0.522. The van der Waals surface area contributed by atoms with E-state index in [1.54, 1.807) is 13.2 Å². The number of carboxylic acids is 1. The molecule has 166 valence electrons. The maximum absolute atomic E-state index is 14.3. The molecule has 2 aromatic carbocycles. The van der Waals surface area contributed by atoms with Gasteiger partial charge in [0.25, 0.3) is 0 Å². The van der Waals surface area contributed by atoms with Crippen molar-refractivity contribution in [3.8, 4) is 11.5 Å². The Morgan fingerprint density at radius 1 is 1.06 bits per heavy atom. The molecule has 0 aromatic heterocycles. The molecule has 1 atom stereocenters. The molecule has 0 heterocycles. The monoisotopic (exact) mass is 426 g/mol. The van der Waals surface area contributed by atoms with Crippen molar-refractivity contribution in [2.24, 2.45) is 11.8 Å². The lowest BCUT2D eigenvalue weighted by Crippen LogP contribution is -2.20. The van der Waals surface area contributed by atoms with Crippen molar-refractivity contribution in [1.82, 2.24) is 0 Å². The molecule has 0 aliphatic heterocycles. The topological polar surface area (TPSA) is 55.8 Å². The van der Waals surface area contributed by atoms with Crippen molar-refractivity contribution in [2.45, 2.75) is 56.8 Å². The highest BCUT2D eigenvalue weighted by Gasteiger charge is 2.34. The van der Waals surface area contributed by atoms with E-state index in [4.69, 9.17) is 9.47 Å². The summed E-state index contributed by atoms with van der Waals surface area (Å²) in [4.78, 5) is 11.3. The first-order valence-corrected chi connectivity index (χ1v) is 11.3. The SMILES string of the molecule is COc1ccc(F)c(C2CCC(COc3cccc([C@@H](CC(=O)O)C4CC4)c3)CC2)c1. The van der Waals surface area contributed by atoms with Crippen LogP contribution in [0, 0.1) is 17.7 Å². The van der Waals surface area contributed by atoms with Gasteiger partial charge in [-0.25, -0.2) is 4.39 Å². The van der Waals surface area contributed by atoms with Gasteiger partial charge in [0.05, 0.1) is 20.1 Å². The minimum atomic E-state index is -0.743. The molecule has 2 aliphatic rings. The van der Waals surface area contributed by atoms with Crippen LogP contribution in [0.1, 0.15) is 67.9 Å². The van der Waals surface area contributed by atoms with Crippen LogP contribution in [0.4, 0.5) is 4.39 Å². The number of methoxy groups -OCH3 is 1. The Morgan fingerprint density at radius 2 is 1.84 bits per heavy atom. The normalized spacial score (nSPS) is 22.0. The summed E-state index contributed by atoms with van der Waals surface area (Å²) in [7, 11) is 1.61. The molecule has 2 aliphatic carbocycles. The first-order chi connectivity index (χ1) is 15.0.